The van der Waals surface area contributed by atoms with Gasteiger partial charge < -0.3 is 5.32 Å². The van der Waals surface area contributed by atoms with Gasteiger partial charge in [-0.3, -0.25) is 9.36 Å². The summed E-state index contributed by atoms with van der Waals surface area (Å²) in [7, 11) is 0. The summed E-state index contributed by atoms with van der Waals surface area (Å²) in [6.07, 6.45) is 0. The molecule has 1 heterocycles. The van der Waals surface area contributed by atoms with E-state index >= 15 is 0 Å². The first kappa shape index (κ1) is 19.2. The lowest BCUT2D eigenvalue weighted by Gasteiger charge is -2.10. The average Bonchev–Trinajstić information content (AvgIpc) is 3.04. The van der Waals surface area contributed by atoms with Gasteiger partial charge in [0, 0.05) is 4.90 Å². The summed E-state index contributed by atoms with van der Waals surface area (Å²) in [5, 5.41) is 11.6. The van der Waals surface area contributed by atoms with Crippen LogP contribution in [0.1, 0.15) is 6.55 Å². The highest BCUT2D eigenvalue weighted by Crippen LogP contribution is 2.30. The Morgan fingerprint density at radius 1 is 1.19 bits per heavy atom. The van der Waals surface area contributed by atoms with Crippen LogP contribution in [0.3, 0.4) is 0 Å². The molecule has 0 bridgehead atoms. The Hall–Kier alpha value is -2.57. The molecule has 138 valence electrons. The van der Waals surface area contributed by atoms with E-state index in [4.69, 9.17) is 5.26 Å². The second-order valence-electron chi connectivity index (χ2n) is 5.31. The van der Waals surface area contributed by atoms with Gasteiger partial charge in [0.2, 0.25) is 5.91 Å². The predicted octanol–water partition coefficient (Wildman–Crippen LogP) is 4.78. The number of fused-ring (bicyclic) bond motifs is 1. The number of carbonyl (C=O) groups excluding carboxylic acids is 1. The van der Waals surface area contributed by atoms with E-state index in [-0.39, 0.29) is 22.6 Å². The van der Waals surface area contributed by atoms with Crippen molar-refractivity contribution in [2.24, 2.45) is 0 Å². The number of nitrogens with zero attached hydrogens (tertiary/aromatic N) is 3. The molecule has 0 aliphatic rings. The van der Waals surface area contributed by atoms with Gasteiger partial charge in [-0.15, -0.1) is 11.8 Å². The van der Waals surface area contributed by atoms with Crippen LogP contribution in [-0.2, 0) is 4.79 Å². The van der Waals surface area contributed by atoms with Crippen LogP contribution in [-0.4, -0.2) is 27.0 Å². The van der Waals surface area contributed by atoms with Crippen LogP contribution >= 0.6 is 23.5 Å². The number of hydrogen-bond acceptors (Lipinski definition) is 5. The second kappa shape index (κ2) is 8.88. The zero-order chi connectivity index (χ0) is 19.2. The van der Waals surface area contributed by atoms with E-state index in [1.165, 1.54) is 11.8 Å². The minimum atomic E-state index is -2.74. The molecule has 0 aliphatic carbocycles. The minimum absolute atomic E-state index is 0.0622. The maximum atomic E-state index is 13.4. The third kappa shape index (κ3) is 4.59. The number of imidazole rings is 1. The van der Waals surface area contributed by atoms with Crippen LogP contribution in [0.25, 0.3) is 11.0 Å². The summed E-state index contributed by atoms with van der Waals surface area (Å²) in [4.78, 5) is 17.2. The van der Waals surface area contributed by atoms with E-state index in [0.29, 0.717) is 16.7 Å². The van der Waals surface area contributed by atoms with Gasteiger partial charge in [-0.05, 0) is 24.3 Å². The Labute approximate surface area is 162 Å². The van der Waals surface area contributed by atoms with Crippen molar-refractivity contribution in [3.05, 3.63) is 48.5 Å². The Morgan fingerprint density at radius 3 is 2.70 bits per heavy atom. The van der Waals surface area contributed by atoms with Gasteiger partial charge in [0.05, 0.1) is 34.3 Å². The number of alkyl halides is 2. The second-order valence-corrected chi connectivity index (χ2v) is 7.27. The number of rotatable bonds is 7. The molecule has 1 aromatic heterocycles. The van der Waals surface area contributed by atoms with Gasteiger partial charge >= 0.3 is 6.55 Å². The normalized spacial score (nSPS) is 10.9. The molecular formula is C18H14F2N4OS2. The van der Waals surface area contributed by atoms with Crippen molar-refractivity contribution in [3.8, 4) is 6.07 Å². The molecule has 1 amide bonds. The Balaban J connectivity index is 1.71. The molecule has 0 aliphatic heterocycles. The molecule has 5 nitrogen and oxygen atoms in total. The molecule has 1 N–H and O–H groups in total. The van der Waals surface area contributed by atoms with E-state index in [0.717, 1.165) is 21.2 Å². The summed E-state index contributed by atoms with van der Waals surface area (Å²) in [6, 6.07) is 15.8. The minimum Gasteiger partial charge on any atom is -0.324 e. The lowest BCUT2D eigenvalue weighted by molar-refractivity contribution is -0.113. The van der Waals surface area contributed by atoms with Crippen LogP contribution in [0, 0.1) is 11.3 Å². The summed E-state index contributed by atoms with van der Waals surface area (Å²) >= 11 is 2.27. The molecule has 0 radical (unpaired) electrons. The van der Waals surface area contributed by atoms with Gasteiger partial charge in [0.1, 0.15) is 0 Å². The number of thioether (sulfide) groups is 2. The number of benzene rings is 2. The fourth-order valence-corrected chi connectivity index (χ4v) is 3.92. The van der Waals surface area contributed by atoms with Gasteiger partial charge in [0.15, 0.2) is 5.16 Å². The molecule has 9 heteroatoms. The van der Waals surface area contributed by atoms with Crippen LogP contribution in [0.4, 0.5) is 14.5 Å². The van der Waals surface area contributed by atoms with Gasteiger partial charge in [-0.1, -0.05) is 36.0 Å². The lowest BCUT2D eigenvalue weighted by Crippen LogP contribution is -2.15. The Kier molecular flexibility index (Phi) is 6.32. The van der Waals surface area contributed by atoms with Crippen molar-refractivity contribution < 1.29 is 13.6 Å². The number of hydrogen-bond donors (Lipinski definition) is 1. The van der Waals surface area contributed by atoms with Crippen molar-refractivity contribution in [1.29, 1.82) is 5.26 Å². The van der Waals surface area contributed by atoms with Crippen molar-refractivity contribution in [3.63, 3.8) is 0 Å². The molecule has 3 aromatic rings. The van der Waals surface area contributed by atoms with Gasteiger partial charge in [-0.2, -0.15) is 14.0 Å². The van der Waals surface area contributed by atoms with Crippen LogP contribution in [0.15, 0.2) is 58.6 Å². The molecule has 3 rings (SSSR count). The molecule has 0 saturated carbocycles. The highest BCUT2D eigenvalue weighted by Gasteiger charge is 2.19. The average molecular weight is 404 g/mol. The third-order valence-electron chi connectivity index (χ3n) is 3.54. The quantitative estimate of drug-likeness (QED) is 0.574. The number of aromatic nitrogens is 2. The zero-order valence-electron chi connectivity index (χ0n) is 13.9. The first-order valence-corrected chi connectivity index (χ1v) is 9.84. The largest absolute Gasteiger partial charge is 0.324 e. The highest BCUT2D eigenvalue weighted by molar-refractivity contribution is 8.00. The molecule has 0 atom stereocenters. The molecule has 0 unspecified atom stereocenters. The van der Waals surface area contributed by atoms with E-state index in [1.54, 1.807) is 42.5 Å². The third-order valence-corrected chi connectivity index (χ3v) is 5.44. The van der Waals surface area contributed by atoms with E-state index in [9.17, 15) is 13.6 Å². The number of amides is 1. The number of anilines is 1. The Morgan fingerprint density at radius 2 is 1.93 bits per heavy atom. The molecule has 27 heavy (non-hydrogen) atoms. The van der Waals surface area contributed by atoms with Crippen LogP contribution in [0.2, 0.25) is 0 Å². The first-order chi connectivity index (χ1) is 13.1. The van der Waals surface area contributed by atoms with Crippen molar-refractivity contribution in [2.45, 2.75) is 16.6 Å². The fraction of sp³-hybridized carbons (Fsp3) is 0.167. The fourth-order valence-electron chi connectivity index (χ4n) is 2.43. The molecule has 0 spiro atoms. The number of nitriles is 1. The topological polar surface area (TPSA) is 70.7 Å². The van der Waals surface area contributed by atoms with E-state index < -0.39 is 6.55 Å². The summed E-state index contributed by atoms with van der Waals surface area (Å²) in [5.74, 6) is -0.134. The maximum absolute atomic E-state index is 13.4. The number of nitrogens with one attached hydrogen (secondary N) is 1. The first-order valence-electron chi connectivity index (χ1n) is 7.86. The molecule has 0 saturated heterocycles. The van der Waals surface area contributed by atoms with Crippen molar-refractivity contribution >= 4 is 46.2 Å². The number of halogens is 2. The number of carbonyl (C=O) groups is 1. The van der Waals surface area contributed by atoms with Gasteiger partial charge in [-0.25, -0.2) is 4.98 Å². The SMILES string of the molecule is N#CCSc1ccccc1NC(=O)CSc1nc2ccccc2n1C(F)F. The van der Waals surface area contributed by atoms with E-state index in [2.05, 4.69) is 10.3 Å². The summed E-state index contributed by atoms with van der Waals surface area (Å²) < 4.78 is 27.7. The molecule has 0 fully saturated rings. The maximum Gasteiger partial charge on any atom is 0.321 e. The smallest absolute Gasteiger partial charge is 0.321 e. The lowest BCUT2D eigenvalue weighted by atomic mass is 10.3. The van der Waals surface area contributed by atoms with Gasteiger partial charge in [0.25, 0.3) is 0 Å². The standard InChI is InChI=1S/C18H14F2N4OS2/c19-17(20)24-14-7-3-1-5-12(14)23-18(24)27-11-16(25)22-13-6-2-4-8-15(13)26-10-9-21/h1-8,17H,10-11H2,(H,22,25). The van der Waals surface area contributed by atoms with Crippen LogP contribution in [0.5, 0.6) is 0 Å². The summed E-state index contributed by atoms with van der Waals surface area (Å²) in [5.41, 5.74) is 1.37. The number of para-hydroxylation sites is 3. The molecular weight excluding hydrogens is 390 g/mol. The van der Waals surface area contributed by atoms with Crippen molar-refractivity contribution in [1.82, 2.24) is 9.55 Å². The summed E-state index contributed by atoms with van der Waals surface area (Å²) in [6.45, 7) is -2.74. The predicted molar refractivity (Wildman–Crippen MR) is 103 cm³/mol. The Bertz CT molecular complexity index is 1000. The van der Waals surface area contributed by atoms with E-state index in [1.807, 2.05) is 12.1 Å². The zero-order valence-corrected chi connectivity index (χ0v) is 15.6. The highest BCUT2D eigenvalue weighted by atomic mass is 32.2. The molecule has 2 aromatic carbocycles. The van der Waals surface area contributed by atoms with Crippen molar-refractivity contribution in [2.75, 3.05) is 16.8 Å². The van der Waals surface area contributed by atoms with Crippen LogP contribution < -0.4 is 5.32 Å². The monoisotopic (exact) mass is 404 g/mol.